The smallest absolute Gasteiger partial charge is 0.0197 e. The maximum Gasteiger partial charge on any atom is 0.0197 e. The fourth-order valence-corrected chi connectivity index (χ4v) is 3.12. The molecule has 0 radical (unpaired) electrons. The van der Waals surface area contributed by atoms with Crippen LogP contribution in [0.25, 0.3) is 0 Å². The molecule has 3 aliphatic rings. The predicted octanol–water partition coefficient (Wildman–Crippen LogP) is 1.93. The molecule has 1 aliphatic heterocycles. The van der Waals surface area contributed by atoms with Gasteiger partial charge in [-0.3, -0.25) is 0 Å². The molecular formula is C14H22N2. The standard InChI is InChI=1S/C14H22N2/c15-14(7-8-14)13-6-9-16(11-13)10-12-4-2-1-3-5-12/h1-4,12-13H,5-11,15H2/t12?,13-/m1/s1. The topological polar surface area (TPSA) is 29.3 Å². The van der Waals surface area contributed by atoms with Crippen LogP contribution in [0.1, 0.15) is 25.7 Å². The van der Waals surface area contributed by atoms with Crippen molar-refractivity contribution in [2.24, 2.45) is 17.6 Å². The van der Waals surface area contributed by atoms with Crippen molar-refractivity contribution in [2.75, 3.05) is 19.6 Å². The van der Waals surface area contributed by atoms with Gasteiger partial charge in [0.2, 0.25) is 0 Å². The van der Waals surface area contributed by atoms with Gasteiger partial charge in [-0.2, -0.15) is 0 Å². The minimum Gasteiger partial charge on any atom is -0.325 e. The minimum atomic E-state index is 0.233. The summed E-state index contributed by atoms with van der Waals surface area (Å²) in [5, 5.41) is 0. The summed E-state index contributed by atoms with van der Waals surface area (Å²) < 4.78 is 0. The summed E-state index contributed by atoms with van der Waals surface area (Å²) >= 11 is 0. The van der Waals surface area contributed by atoms with Gasteiger partial charge in [0.25, 0.3) is 0 Å². The zero-order valence-corrected chi connectivity index (χ0v) is 9.94. The average molecular weight is 218 g/mol. The Morgan fingerprint density at radius 1 is 1.31 bits per heavy atom. The van der Waals surface area contributed by atoms with Gasteiger partial charge >= 0.3 is 0 Å². The van der Waals surface area contributed by atoms with Crippen LogP contribution in [0.4, 0.5) is 0 Å². The molecule has 1 saturated carbocycles. The molecular weight excluding hydrogens is 196 g/mol. The largest absolute Gasteiger partial charge is 0.325 e. The lowest BCUT2D eigenvalue weighted by molar-refractivity contribution is 0.280. The number of likely N-dealkylation sites (tertiary alicyclic amines) is 1. The fraction of sp³-hybridized carbons (Fsp3) is 0.714. The van der Waals surface area contributed by atoms with Gasteiger partial charge in [0.15, 0.2) is 0 Å². The lowest BCUT2D eigenvalue weighted by Crippen LogP contribution is -2.35. The minimum absolute atomic E-state index is 0.233. The van der Waals surface area contributed by atoms with Gasteiger partial charge in [0, 0.05) is 18.6 Å². The second-order valence-corrected chi connectivity index (χ2v) is 5.79. The van der Waals surface area contributed by atoms with Gasteiger partial charge in [-0.1, -0.05) is 24.3 Å². The van der Waals surface area contributed by atoms with Crippen LogP contribution in [-0.2, 0) is 0 Å². The molecule has 2 heteroatoms. The van der Waals surface area contributed by atoms with Crippen molar-refractivity contribution in [3.63, 3.8) is 0 Å². The number of allylic oxidation sites excluding steroid dienone is 3. The summed E-state index contributed by atoms with van der Waals surface area (Å²) in [6.45, 7) is 3.73. The molecule has 88 valence electrons. The molecule has 2 nitrogen and oxygen atoms in total. The van der Waals surface area contributed by atoms with E-state index in [9.17, 15) is 0 Å². The van der Waals surface area contributed by atoms with E-state index < -0.39 is 0 Å². The van der Waals surface area contributed by atoms with E-state index in [1.807, 2.05) is 0 Å². The van der Waals surface area contributed by atoms with Crippen molar-refractivity contribution in [3.8, 4) is 0 Å². The van der Waals surface area contributed by atoms with Crippen LogP contribution < -0.4 is 5.73 Å². The summed E-state index contributed by atoms with van der Waals surface area (Å²) in [4.78, 5) is 2.62. The fourth-order valence-electron chi connectivity index (χ4n) is 3.12. The van der Waals surface area contributed by atoms with E-state index in [1.165, 1.54) is 45.3 Å². The van der Waals surface area contributed by atoms with Crippen molar-refractivity contribution in [1.82, 2.24) is 4.90 Å². The van der Waals surface area contributed by atoms with Gasteiger partial charge in [-0.15, -0.1) is 0 Å². The summed E-state index contributed by atoms with van der Waals surface area (Å²) in [6.07, 6.45) is 14.0. The third-order valence-electron chi connectivity index (χ3n) is 4.47. The molecule has 2 atom stereocenters. The maximum atomic E-state index is 6.30. The molecule has 0 aromatic carbocycles. The van der Waals surface area contributed by atoms with E-state index in [1.54, 1.807) is 0 Å². The number of nitrogens with two attached hydrogens (primary N) is 1. The molecule has 0 bridgehead atoms. The molecule has 0 aromatic rings. The van der Waals surface area contributed by atoms with Gasteiger partial charge in [0.1, 0.15) is 0 Å². The van der Waals surface area contributed by atoms with Gasteiger partial charge in [0.05, 0.1) is 0 Å². The molecule has 0 amide bonds. The third-order valence-corrected chi connectivity index (χ3v) is 4.47. The van der Waals surface area contributed by atoms with E-state index in [0.717, 1.165) is 11.8 Å². The van der Waals surface area contributed by atoms with E-state index in [2.05, 4.69) is 29.2 Å². The number of rotatable bonds is 3. The highest BCUT2D eigenvalue weighted by Crippen LogP contribution is 2.43. The number of nitrogens with zero attached hydrogens (tertiary/aromatic N) is 1. The van der Waals surface area contributed by atoms with Crippen LogP contribution in [0, 0.1) is 11.8 Å². The zero-order valence-electron chi connectivity index (χ0n) is 9.94. The van der Waals surface area contributed by atoms with Gasteiger partial charge < -0.3 is 10.6 Å². The summed E-state index contributed by atoms with van der Waals surface area (Å²) in [7, 11) is 0. The predicted molar refractivity (Wildman–Crippen MR) is 67.1 cm³/mol. The first-order valence-electron chi connectivity index (χ1n) is 6.61. The molecule has 2 N–H and O–H groups in total. The highest BCUT2D eigenvalue weighted by Gasteiger charge is 2.47. The first kappa shape index (κ1) is 10.5. The van der Waals surface area contributed by atoms with Crippen LogP contribution in [0.3, 0.4) is 0 Å². The highest BCUT2D eigenvalue weighted by molar-refractivity contribution is 5.12. The molecule has 1 unspecified atom stereocenters. The Balaban J connectivity index is 1.50. The van der Waals surface area contributed by atoms with Crippen LogP contribution in [-0.4, -0.2) is 30.1 Å². The van der Waals surface area contributed by atoms with Crippen LogP contribution in [0.2, 0.25) is 0 Å². The van der Waals surface area contributed by atoms with Crippen LogP contribution in [0.15, 0.2) is 24.3 Å². The van der Waals surface area contributed by atoms with E-state index in [-0.39, 0.29) is 5.54 Å². The second-order valence-electron chi connectivity index (χ2n) is 5.79. The Kier molecular flexibility index (Phi) is 2.64. The van der Waals surface area contributed by atoms with Gasteiger partial charge in [-0.05, 0) is 44.1 Å². The summed E-state index contributed by atoms with van der Waals surface area (Å²) in [5.74, 6) is 1.51. The number of hydrogen-bond acceptors (Lipinski definition) is 2. The Morgan fingerprint density at radius 3 is 2.88 bits per heavy atom. The molecule has 3 rings (SSSR count). The molecule has 1 heterocycles. The highest BCUT2D eigenvalue weighted by atomic mass is 15.2. The maximum absolute atomic E-state index is 6.30. The van der Waals surface area contributed by atoms with Crippen molar-refractivity contribution in [1.29, 1.82) is 0 Å². The molecule has 16 heavy (non-hydrogen) atoms. The van der Waals surface area contributed by atoms with Crippen molar-refractivity contribution < 1.29 is 0 Å². The zero-order chi connectivity index (χ0) is 11.0. The number of hydrogen-bond donors (Lipinski definition) is 1. The normalized spacial score (nSPS) is 36.8. The van der Waals surface area contributed by atoms with Crippen molar-refractivity contribution in [3.05, 3.63) is 24.3 Å². The third kappa shape index (κ3) is 2.09. The molecule has 2 aliphatic carbocycles. The quantitative estimate of drug-likeness (QED) is 0.784. The Bertz CT molecular complexity index is 315. The monoisotopic (exact) mass is 218 g/mol. The van der Waals surface area contributed by atoms with E-state index in [4.69, 9.17) is 5.73 Å². The second kappa shape index (κ2) is 4.01. The van der Waals surface area contributed by atoms with Crippen molar-refractivity contribution in [2.45, 2.75) is 31.2 Å². The average Bonchev–Trinajstić information content (AvgIpc) is 2.88. The van der Waals surface area contributed by atoms with Crippen LogP contribution in [0.5, 0.6) is 0 Å². The SMILES string of the molecule is NC1([C@@H]2CCN(CC3C=CC=CC3)C2)CC1. The lowest BCUT2D eigenvalue weighted by Gasteiger charge is -2.23. The van der Waals surface area contributed by atoms with Crippen LogP contribution >= 0.6 is 0 Å². The first-order valence-corrected chi connectivity index (χ1v) is 6.61. The molecule has 0 aromatic heterocycles. The molecule has 1 saturated heterocycles. The Hall–Kier alpha value is -0.600. The Labute approximate surface area is 98.2 Å². The first-order chi connectivity index (χ1) is 7.76. The van der Waals surface area contributed by atoms with E-state index >= 15 is 0 Å². The summed E-state index contributed by atoms with van der Waals surface area (Å²) in [5.41, 5.74) is 6.53. The molecule has 0 spiro atoms. The van der Waals surface area contributed by atoms with Crippen molar-refractivity contribution >= 4 is 0 Å². The van der Waals surface area contributed by atoms with Gasteiger partial charge in [-0.25, -0.2) is 0 Å². The lowest BCUT2D eigenvalue weighted by atomic mass is 9.97. The Morgan fingerprint density at radius 2 is 2.19 bits per heavy atom. The van der Waals surface area contributed by atoms with E-state index in [0.29, 0.717) is 0 Å². The summed E-state index contributed by atoms with van der Waals surface area (Å²) in [6, 6.07) is 0. The molecule has 2 fully saturated rings.